The minimum Gasteiger partial charge on any atom is -0.361 e. The first kappa shape index (κ1) is 31.2. The van der Waals surface area contributed by atoms with Gasteiger partial charge in [-0.3, -0.25) is 9.59 Å². The van der Waals surface area contributed by atoms with E-state index in [0.717, 1.165) is 37.6 Å². The molecule has 2 fully saturated rings. The molecule has 2 aliphatic heterocycles. The van der Waals surface area contributed by atoms with Gasteiger partial charge < -0.3 is 25.0 Å². The lowest BCUT2D eigenvalue weighted by Crippen LogP contribution is -2.57. The zero-order valence-corrected chi connectivity index (χ0v) is 27.8. The summed E-state index contributed by atoms with van der Waals surface area (Å²) in [5.41, 5.74) is 3.78. The van der Waals surface area contributed by atoms with Crippen molar-refractivity contribution in [3.8, 4) is 0 Å². The standard InChI is InChI=1S/C35H37BrClN5O3/c1-3-38-34(45)41-16-14-40(15-17-41)33(44)35(19-24-6-4-23(2)5-7-24)20-31(43)42(22-25-8-10-26(36)11-9-25)32(35)29-21-39-30-18-27(37)12-13-28(29)30/h4-13,18,21,32,39H,3,14-17,19-20,22H2,1-2H3,(H,38,45)/t32-,35-/m0/s1. The van der Waals surface area contributed by atoms with Gasteiger partial charge in [0.2, 0.25) is 11.8 Å². The predicted molar refractivity (Wildman–Crippen MR) is 180 cm³/mol. The van der Waals surface area contributed by atoms with E-state index in [-0.39, 0.29) is 24.3 Å². The van der Waals surface area contributed by atoms with Crippen LogP contribution in [0.3, 0.4) is 0 Å². The van der Waals surface area contributed by atoms with E-state index < -0.39 is 11.5 Å². The van der Waals surface area contributed by atoms with Gasteiger partial charge in [0.05, 0.1) is 11.5 Å². The average Bonchev–Trinajstić information content (AvgIpc) is 3.56. The number of aromatic nitrogens is 1. The summed E-state index contributed by atoms with van der Waals surface area (Å²) in [6.07, 6.45) is 2.41. The minimum absolute atomic E-state index is 0.0569. The van der Waals surface area contributed by atoms with E-state index in [1.165, 1.54) is 0 Å². The summed E-state index contributed by atoms with van der Waals surface area (Å²) in [4.78, 5) is 50.7. The third-order valence-electron chi connectivity index (χ3n) is 9.11. The Morgan fingerprint density at radius 3 is 2.33 bits per heavy atom. The molecule has 234 valence electrons. The Bertz CT molecular complexity index is 1720. The third kappa shape index (κ3) is 6.20. The molecule has 2 saturated heterocycles. The molecule has 3 aromatic carbocycles. The van der Waals surface area contributed by atoms with Crippen LogP contribution in [-0.2, 0) is 22.6 Å². The molecule has 2 aliphatic rings. The maximum atomic E-state index is 15.1. The number of hydrogen-bond acceptors (Lipinski definition) is 3. The number of carbonyl (C=O) groups excluding carboxylic acids is 3. The SMILES string of the molecule is CCNC(=O)N1CCN(C(=O)[C@@]2(Cc3ccc(C)cc3)CC(=O)N(Cc3ccc(Br)cc3)[C@H]2c2c[nH]c3cc(Cl)ccc23)CC1. The molecular weight excluding hydrogens is 654 g/mol. The molecule has 6 rings (SSSR count). The lowest BCUT2D eigenvalue weighted by atomic mass is 9.71. The zero-order valence-electron chi connectivity index (χ0n) is 25.5. The smallest absolute Gasteiger partial charge is 0.317 e. The van der Waals surface area contributed by atoms with Crippen LogP contribution in [0.15, 0.2) is 77.4 Å². The number of fused-ring (bicyclic) bond motifs is 1. The van der Waals surface area contributed by atoms with Crippen LogP contribution in [0, 0.1) is 12.3 Å². The second-order valence-corrected chi connectivity index (χ2v) is 13.4. The van der Waals surface area contributed by atoms with Crippen molar-refractivity contribution < 1.29 is 14.4 Å². The van der Waals surface area contributed by atoms with Crippen molar-refractivity contribution in [3.05, 3.63) is 105 Å². The monoisotopic (exact) mass is 689 g/mol. The van der Waals surface area contributed by atoms with Crippen LogP contribution in [0.25, 0.3) is 10.9 Å². The number of nitrogens with zero attached hydrogens (tertiary/aromatic N) is 3. The molecule has 0 radical (unpaired) electrons. The molecule has 0 saturated carbocycles. The molecule has 8 nitrogen and oxygen atoms in total. The lowest BCUT2D eigenvalue weighted by molar-refractivity contribution is -0.145. The van der Waals surface area contributed by atoms with E-state index >= 15 is 4.79 Å². The van der Waals surface area contributed by atoms with Crippen LogP contribution >= 0.6 is 27.5 Å². The van der Waals surface area contributed by atoms with Crippen molar-refractivity contribution in [3.63, 3.8) is 0 Å². The Labute approximate surface area is 276 Å². The number of rotatable bonds is 7. The van der Waals surface area contributed by atoms with Crippen LogP contribution in [0.2, 0.25) is 5.02 Å². The molecule has 0 spiro atoms. The van der Waals surface area contributed by atoms with Gasteiger partial charge in [-0.1, -0.05) is 75.6 Å². The summed E-state index contributed by atoms with van der Waals surface area (Å²) in [6, 6.07) is 21.2. The maximum Gasteiger partial charge on any atom is 0.317 e. The van der Waals surface area contributed by atoms with Gasteiger partial charge in [0.1, 0.15) is 0 Å². The average molecular weight is 691 g/mol. The van der Waals surface area contributed by atoms with Crippen LogP contribution in [0.4, 0.5) is 4.79 Å². The summed E-state index contributed by atoms with van der Waals surface area (Å²) in [7, 11) is 0. The van der Waals surface area contributed by atoms with Crippen LogP contribution < -0.4 is 5.32 Å². The number of hydrogen-bond donors (Lipinski definition) is 2. The van der Waals surface area contributed by atoms with E-state index in [2.05, 4.69) is 50.5 Å². The highest BCUT2D eigenvalue weighted by atomic mass is 79.9. The fourth-order valence-electron chi connectivity index (χ4n) is 6.88. The summed E-state index contributed by atoms with van der Waals surface area (Å²) >= 11 is 9.88. The zero-order chi connectivity index (χ0) is 31.7. The number of benzene rings is 3. The minimum atomic E-state index is -1.08. The number of carbonyl (C=O) groups is 3. The first-order valence-electron chi connectivity index (χ1n) is 15.4. The van der Waals surface area contributed by atoms with Gasteiger partial charge in [0, 0.05) is 77.8 Å². The highest BCUT2D eigenvalue weighted by Crippen LogP contribution is 2.53. The quantitative estimate of drug-likeness (QED) is 0.233. The van der Waals surface area contributed by atoms with E-state index in [1.807, 2.05) is 72.3 Å². The second kappa shape index (κ2) is 12.9. The lowest BCUT2D eigenvalue weighted by Gasteiger charge is -2.43. The fourth-order valence-corrected chi connectivity index (χ4v) is 7.31. The molecule has 2 atom stereocenters. The number of amides is 4. The summed E-state index contributed by atoms with van der Waals surface area (Å²) in [6.45, 7) is 6.53. The molecule has 3 heterocycles. The number of H-pyrrole nitrogens is 1. The second-order valence-electron chi connectivity index (χ2n) is 12.1. The highest BCUT2D eigenvalue weighted by molar-refractivity contribution is 9.10. The number of urea groups is 1. The number of aromatic amines is 1. The van der Waals surface area contributed by atoms with Gasteiger partial charge in [-0.25, -0.2) is 4.79 Å². The number of piperazine rings is 1. The number of likely N-dealkylation sites (tertiary alicyclic amines) is 1. The van der Waals surface area contributed by atoms with Crippen molar-refractivity contribution in [1.29, 1.82) is 0 Å². The maximum absolute atomic E-state index is 15.1. The summed E-state index contributed by atoms with van der Waals surface area (Å²) in [5, 5.41) is 4.40. The van der Waals surface area contributed by atoms with Gasteiger partial charge in [0.25, 0.3) is 0 Å². The Hall–Kier alpha value is -3.82. The van der Waals surface area contributed by atoms with Crippen molar-refractivity contribution >= 4 is 56.3 Å². The molecule has 10 heteroatoms. The number of aryl methyl sites for hydroxylation is 1. The molecule has 4 aromatic rings. The van der Waals surface area contributed by atoms with E-state index in [9.17, 15) is 9.59 Å². The third-order valence-corrected chi connectivity index (χ3v) is 9.87. The first-order valence-corrected chi connectivity index (χ1v) is 16.5. The van der Waals surface area contributed by atoms with Gasteiger partial charge in [-0.2, -0.15) is 0 Å². The molecule has 0 aliphatic carbocycles. The number of nitrogens with one attached hydrogen (secondary N) is 2. The van der Waals surface area contributed by atoms with Crippen LogP contribution in [0.1, 0.15) is 41.6 Å². The van der Waals surface area contributed by atoms with Crippen molar-refractivity contribution in [2.45, 2.75) is 39.3 Å². The molecule has 2 N–H and O–H groups in total. The molecule has 0 unspecified atom stereocenters. The Morgan fingerprint density at radius 1 is 0.978 bits per heavy atom. The molecule has 0 bridgehead atoms. The molecular formula is C35H37BrClN5O3. The van der Waals surface area contributed by atoms with E-state index in [0.29, 0.717) is 50.7 Å². The van der Waals surface area contributed by atoms with Gasteiger partial charge in [-0.15, -0.1) is 0 Å². The largest absolute Gasteiger partial charge is 0.361 e. The normalized spacial score (nSPS) is 20.2. The van der Waals surface area contributed by atoms with Gasteiger partial charge in [-0.05, 0) is 55.7 Å². The number of halogens is 2. The van der Waals surface area contributed by atoms with Crippen LogP contribution in [-0.4, -0.2) is 70.3 Å². The fraction of sp³-hybridized carbons (Fsp3) is 0.343. The van der Waals surface area contributed by atoms with E-state index in [4.69, 9.17) is 11.6 Å². The molecule has 45 heavy (non-hydrogen) atoms. The topological polar surface area (TPSA) is 88.8 Å². The van der Waals surface area contributed by atoms with Gasteiger partial charge in [0.15, 0.2) is 0 Å². The van der Waals surface area contributed by atoms with Crippen LogP contribution in [0.5, 0.6) is 0 Å². The Balaban J connectivity index is 1.46. The van der Waals surface area contributed by atoms with Crippen molar-refractivity contribution in [2.75, 3.05) is 32.7 Å². The molecule has 4 amide bonds. The van der Waals surface area contributed by atoms with Gasteiger partial charge >= 0.3 is 6.03 Å². The Kier molecular flexibility index (Phi) is 8.93. The van der Waals surface area contributed by atoms with Crippen molar-refractivity contribution in [1.82, 2.24) is 25.0 Å². The summed E-state index contributed by atoms with van der Waals surface area (Å²) in [5.74, 6) is -0.119. The predicted octanol–water partition coefficient (Wildman–Crippen LogP) is 6.47. The highest BCUT2D eigenvalue weighted by Gasteiger charge is 2.58. The van der Waals surface area contributed by atoms with Crippen molar-refractivity contribution in [2.24, 2.45) is 5.41 Å². The Morgan fingerprint density at radius 2 is 1.64 bits per heavy atom. The van der Waals surface area contributed by atoms with E-state index in [1.54, 1.807) is 4.90 Å². The molecule has 1 aromatic heterocycles. The first-order chi connectivity index (χ1) is 21.7. The summed E-state index contributed by atoms with van der Waals surface area (Å²) < 4.78 is 0.958.